The number of hydrogen-bond donors (Lipinski definition) is 2. The lowest BCUT2D eigenvalue weighted by Crippen LogP contribution is -2.14. The molecule has 0 aromatic rings. The van der Waals surface area contributed by atoms with Crippen LogP contribution >= 0.6 is 0 Å². The molecule has 4 heteroatoms. The zero-order valence-corrected chi connectivity index (χ0v) is 6.07. The fourth-order valence-corrected chi connectivity index (χ4v) is 0.527. The Morgan fingerprint density at radius 2 is 1.82 bits per heavy atom. The van der Waals surface area contributed by atoms with Gasteiger partial charge in [0.1, 0.15) is 0 Å². The molecule has 1 aliphatic carbocycles. The van der Waals surface area contributed by atoms with Crippen LogP contribution in [0.2, 0.25) is 0 Å². The minimum Gasteiger partial charge on any atom is -0.400 e. The molecule has 1 aliphatic rings. The molecule has 11 heavy (non-hydrogen) atoms. The van der Waals surface area contributed by atoms with Crippen LogP contribution in [0, 0.1) is 0 Å². The Morgan fingerprint density at radius 1 is 1.27 bits per heavy atom. The molecule has 0 spiro atoms. The summed E-state index contributed by atoms with van der Waals surface area (Å²) in [5.74, 6) is -0.526. The number of aliphatic hydroxyl groups excluding tert-OH is 1. The van der Waals surface area contributed by atoms with Crippen molar-refractivity contribution in [3.05, 3.63) is 23.9 Å². The average molecular weight is 155 g/mol. The molecule has 0 saturated heterocycles. The van der Waals surface area contributed by atoms with Crippen molar-refractivity contribution in [3.63, 3.8) is 0 Å². The SMILES string of the molecule is CO.NC1=CC(=O)C=CC1=O. The molecule has 0 radical (unpaired) electrons. The second kappa shape index (κ2) is 4.40. The Bertz CT molecular complexity index is 228. The highest BCUT2D eigenvalue weighted by atomic mass is 16.2. The highest BCUT2D eigenvalue weighted by Gasteiger charge is 2.07. The van der Waals surface area contributed by atoms with Crippen LogP contribution in [0.3, 0.4) is 0 Å². The number of aliphatic hydroxyl groups is 1. The largest absolute Gasteiger partial charge is 0.400 e. The molecule has 0 heterocycles. The molecular weight excluding hydrogens is 146 g/mol. The van der Waals surface area contributed by atoms with E-state index in [4.69, 9.17) is 10.8 Å². The summed E-state index contributed by atoms with van der Waals surface area (Å²) in [6.45, 7) is 0. The zero-order valence-electron chi connectivity index (χ0n) is 6.07. The van der Waals surface area contributed by atoms with Crippen LogP contribution in [0.15, 0.2) is 23.9 Å². The first-order valence-electron chi connectivity index (χ1n) is 2.88. The van der Waals surface area contributed by atoms with Gasteiger partial charge in [0.2, 0.25) is 5.78 Å². The van der Waals surface area contributed by atoms with Gasteiger partial charge in [-0.25, -0.2) is 0 Å². The van der Waals surface area contributed by atoms with E-state index in [-0.39, 0.29) is 17.3 Å². The van der Waals surface area contributed by atoms with E-state index in [1.165, 1.54) is 6.08 Å². The second-order valence-electron chi connectivity index (χ2n) is 1.70. The maximum absolute atomic E-state index is 10.5. The highest BCUT2D eigenvalue weighted by molar-refractivity contribution is 6.16. The van der Waals surface area contributed by atoms with Crippen molar-refractivity contribution in [1.82, 2.24) is 0 Å². The fraction of sp³-hybridized carbons (Fsp3) is 0.143. The lowest BCUT2D eigenvalue weighted by atomic mass is 10.1. The molecule has 0 aliphatic heterocycles. The second-order valence-corrected chi connectivity index (χ2v) is 1.70. The first-order chi connectivity index (χ1) is 5.20. The number of rotatable bonds is 0. The van der Waals surface area contributed by atoms with E-state index >= 15 is 0 Å². The van der Waals surface area contributed by atoms with E-state index in [9.17, 15) is 9.59 Å². The van der Waals surface area contributed by atoms with Gasteiger partial charge >= 0.3 is 0 Å². The topological polar surface area (TPSA) is 80.4 Å². The van der Waals surface area contributed by atoms with Crippen molar-refractivity contribution in [3.8, 4) is 0 Å². The molecular formula is C7H9NO3. The molecule has 1 rings (SSSR count). The Morgan fingerprint density at radius 3 is 2.18 bits per heavy atom. The average Bonchev–Trinajstić information content (AvgIpc) is 2.02. The number of carbonyl (C=O) groups excluding carboxylic acids is 2. The Balaban J connectivity index is 0.000000461. The smallest absolute Gasteiger partial charge is 0.201 e. The molecule has 0 bridgehead atoms. The van der Waals surface area contributed by atoms with Gasteiger partial charge < -0.3 is 10.8 Å². The van der Waals surface area contributed by atoms with Gasteiger partial charge in [0, 0.05) is 13.2 Å². The summed E-state index contributed by atoms with van der Waals surface area (Å²) in [7, 11) is 1.00. The summed E-state index contributed by atoms with van der Waals surface area (Å²) >= 11 is 0. The predicted molar refractivity (Wildman–Crippen MR) is 39.6 cm³/mol. The minimum atomic E-state index is -0.297. The van der Waals surface area contributed by atoms with Gasteiger partial charge in [0.15, 0.2) is 5.78 Å². The summed E-state index contributed by atoms with van der Waals surface area (Å²) in [5.41, 5.74) is 5.12. The summed E-state index contributed by atoms with van der Waals surface area (Å²) in [6.07, 6.45) is 3.47. The molecule has 3 N–H and O–H groups in total. The summed E-state index contributed by atoms with van der Waals surface area (Å²) in [5, 5.41) is 7.00. The van der Waals surface area contributed by atoms with E-state index in [0.717, 1.165) is 19.3 Å². The molecule has 0 fully saturated rings. The number of allylic oxidation sites excluding steroid dienone is 3. The molecule has 0 aromatic carbocycles. The standard InChI is InChI=1S/C6H5NO2.CH4O/c7-5-3-4(8)1-2-6(5)9;1-2/h1-3H,7H2;2H,1H3. The van der Waals surface area contributed by atoms with Gasteiger partial charge in [-0.3, -0.25) is 9.59 Å². The van der Waals surface area contributed by atoms with Gasteiger partial charge in [-0.2, -0.15) is 0 Å². The van der Waals surface area contributed by atoms with Crippen molar-refractivity contribution in [2.75, 3.05) is 7.11 Å². The van der Waals surface area contributed by atoms with Crippen LogP contribution in [0.4, 0.5) is 0 Å². The maximum Gasteiger partial charge on any atom is 0.201 e. The third kappa shape index (κ3) is 2.77. The van der Waals surface area contributed by atoms with Gasteiger partial charge in [0.25, 0.3) is 0 Å². The first-order valence-corrected chi connectivity index (χ1v) is 2.88. The van der Waals surface area contributed by atoms with Crippen LogP contribution in [0.5, 0.6) is 0 Å². The monoisotopic (exact) mass is 155 g/mol. The summed E-state index contributed by atoms with van der Waals surface area (Å²) in [6, 6.07) is 0. The number of nitrogens with two attached hydrogens (primary N) is 1. The zero-order chi connectivity index (χ0) is 8.85. The van der Waals surface area contributed by atoms with Gasteiger partial charge in [-0.15, -0.1) is 0 Å². The van der Waals surface area contributed by atoms with E-state index in [2.05, 4.69) is 0 Å². The quantitative estimate of drug-likeness (QED) is 0.446. The van der Waals surface area contributed by atoms with E-state index in [1.54, 1.807) is 0 Å². The van der Waals surface area contributed by atoms with Crippen LogP contribution in [-0.2, 0) is 9.59 Å². The number of hydrogen-bond acceptors (Lipinski definition) is 4. The third-order valence-corrected chi connectivity index (χ3v) is 0.981. The summed E-state index contributed by atoms with van der Waals surface area (Å²) < 4.78 is 0. The molecule has 4 nitrogen and oxygen atoms in total. The maximum atomic E-state index is 10.5. The van der Waals surface area contributed by atoms with Crippen LogP contribution < -0.4 is 5.73 Å². The molecule has 0 atom stereocenters. The summed E-state index contributed by atoms with van der Waals surface area (Å²) in [4.78, 5) is 20.9. The Hall–Kier alpha value is -1.42. The van der Waals surface area contributed by atoms with E-state index in [0.29, 0.717) is 0 Å². The third-order valence-electron chi connectivity index (χ3n) is 0.981. The molecule has 0 unspecified atom stereocenters. The molecule has 60 valence electrons. The van der Waals surface area contributed by atoms with Crippen molar-refractivity contribution >= 4 is 11.6 Å². The lowest BCUT2D eigenvalue weighted by Gasteiger charge is -1.96. The van der Waals surface area contributed by atoms with Crippen molar-refractivity contribution < 1.29 is 14.7 Å². The molecule has 0 saturated carbocycles. The molecule has 0 amide bonds. The minimum absolute atomic E-state index is 0.0162. The normalized spacial score (nSPS) is 15.3. The Kier molecular flexibility index (Phi) is 3.84. The molecule has 0 aromatic heterocycles. The van der Waals surface area contributed by atoms with Gasteiger partial charge in [0.05, 0.1) is 5.70 Å². The number of ketones is 2. The van der Waals surface area contributed by atoms with Crippen molar-refractivity contribution in [1.29, 1.82) is 0 Å². The van der Waals surface area contributed by atoms with Crippen molar-refractivity contribution in [2.45, 2.75) is 0 Å². The first kappa shape index (κ1) is 9.58. The highest BCUT2D eigenvalue weighted by Crippen LogP contribution is 1.97. The Labute approximate surface area is 64.0 Å². The van der Waals surface area contributed by atoms with Gasteiger partial charge in [-0.05, 0) is 12.2 Å². The van der Waals surface area contributed by atoms with E-state index in [1.807, 2.05) is 0 Å². The van der Waals surface area contributed by atoms with Crippen LogP contribution in [0.1, 0.15) is 0 Å². The van der Waals surface area contributed by atoms with Crippen LogP contribution in [0.25, 0.3) is 0 Å². The fourth-order valence-electron chi connectivity index (χ4n) is 0.527. The number of carbonyl (C=O) groups is 2. The van der Waals surface area contributed by atoms with Gasteiger partial charge in [-0.1, -0.05) is 0 Å². The van der Waals surface area contributed by atoms with Crippen LogP contribution in [-0.4, -0.2) is 23.8 Å². The predicted octanol–water partition coefficient (Wildman–Crippen LogP) is -0.855. The van der Waals surface area contributed by atoms with Crippen molar-refractivity contribution in [2.24, 2.45) is 5.73 Å². The van der Waals surface area contributed by atoms with E-state index < -0.39 is 0 Å². The lowest BCUT2D eigenvalue weighted by molar-refractivity contribution is -0.114.